The van der Waals surface area contributed by atoms with Crippen molar-refractivity contribution in [2.75, 3.05) is 0 Å². The molecule has 0 unspecified atom stereocenters. The van der Waals surface area contributed by atoms with E-state index in [1.165, 1.54) is 6.08 Å². The number of nitrogens with zero attached hydrogens (tertiary/aromatic N) is 2. The van der Waals surface area contributed by atoms with Crippen molar-refractivity contribution in [2.24, 2.45) is 7.05 Å². The number of hydrogen-bond donors (Lipinski definition) is 0. The van der Waals surface area contributed by atoms with Crippen LogP contribution in [0.2, 0.25) is 0 Å². The molecule has 5 aromatic rings. The van der Waals surface area contributed by atoms with Crippen LogP contribution in [0.1, 0.15) is 26.5 Å². The standard InChI is InChI=1S/C24H14N2O4/c1-26-19-12-15(30-24(19)25-23(26)20-7-4-8-29-20)11-18-21(27)16-9-13-5-2-3-6-14(13)10-17(16)22(18)28/h2-12H,1H3. The molecule has 1 aliphatic carbocycles. The lowest BCUT2D eigenvalue weighted by atomic mass is 10.0. The first-order valence-electron chi connectivity index (χ1n) is 9.44. The number of ketones is 2. The third kappa shape index (κ3) is 2.27. The van der Waals surface area contributed by atoms with Crippen molar-refractivity contribution in [1.82, 2.24) is 9.55 Å². The van der Waals surface area contributed by atoms with Gasteiger partial charge in [0.15, 0.2) is 23.2 Å². The van der Waals surface area contributed by atoms with Crippen LogP contribution < -0.4 is 0 Å². The molecule has 144 valence electrons. The molecule has 6 rings (SSSR count). The topological polar surface area (TPSA) is 78.2 Å². The van der Waals surface area contributed by atoms with Crippen molar-refractivity contribution >= 4 is 39.6 Å². The Labute approximate surface area is 170 Å². The van der Waals surface area contributed by atoms with Crippen LogP contribution in [0.5, 0.6) is 0 Å². The van der Waals surface area contributed by atoms with Gasteiger partial charge in [0.1, 0.15) is 11.3 Å². The molecular weight excluding hydrogens is 380 g/mol. The first-order valence-corrected chi connectivity index (χ1v) is 9.44. The minimum Gasteiger partial charge on any atom is -0.461 e. The lowest BCUT2D eigenvalue weighted by Gasteiger charge is -2.00. The fraction of sp³-hybridized carbons (Fsp3) is 0.0417. The molecule has 0 saturated carbocycles. The highest BCUT2D eigenvalue weighted by Gasteiger charge is 2.33. The highest BCUT2D eigenvalue weighted by molar-refractivity contribution is 6.42. The van der Waals surface area contributed by atoms with E-state index in [9.17, 15) is 9.59 Å². The van der Waals surface area contributed by atoms with Crippen molar-refractivity contribution in [3.8, 4) is 11.6 Å². The van der Waals surface area contributed by atoms with Crippen LogP contribution >= 0.6 is 0 Å². The molecular formula is C24H14N2O4. The Bertz CT molecular complexity index is 1470. The predicted molar refractivity (Wildman–Crippen MR) is 111 cm³/mol. The Morgan fingerprint density at radius 3 is 2.23 bits per heavy atom. The van der Waals surface area contributed by atoms with Gasteiger partial charge in [-0.1, -0.05) is 24.3 Å². The molecule has 0 saturated heterocycles. The van der Waals surface area contributed by atoms with Gasteiger partial charge < -0.3 is 13.4 Å². The van der Waals surface area contributed by atoms with Crippen molar-refractivity contribution in [3.63, 3.8) is 0 Å². The maximum Gasteiger partial charge on any atom is 0.245 e. The number of hydrogen-bond acceptors (Lipinski definition) is 5. The predicted octanol–water partition coefficient (Wildman–Crippen LogP) is 5.04. The molecule has 30 heavy (non-hydrogen) atoms. The minimum absolute atomic E-state index is 0.102. The molecule has 0 amide bonds. The van der Waals surface area contributed by atoms with E-state index in [4.69, 9.17) is 8.83 Å². The van der Waals surface area contributed by atoms with E-state index in [2.05, 4.69) is 4.98 Å². The number of allylic oxidation sites excluding steroid dienone is 1. The lowest BCUT2D eigenvalue weighted by molar-refractivity contribution is 0.0990. The highest BCUT2D eigenvalue weighted by Crippen LogP contribution is 2.33. The smallest absolute Gasteiger partial charge is 0.245 e. The minimum atomic E-state index is -0.287. The van der Waals surface area contributed by atoms with Gasteiger partial charge in [-0.2, -0.15) is 4.98 Å². The monoisotopic (exact) mass is 394 g/mol. The number of fused-ring (bicyclic) bond motifs is 3. The molecule has 0 bridgehead atoms. The van der Waals surface area contributed by atoms with Gasteiger partial charge in [-0.3, -0.25) is 9.59 Å². The van der Waals surface area contributed by atoms with Gasteiger partial charge in [0, 0.05) is 24.2 Å². The summed E-state index contributed by atoms with van der Waals surface area (Å²) in [4.78, 5) is 30.3. The summed E-state index contributed by atoms with van der Waals surface area (Å²) in [7, 11) is 1.85. The van der Waals surface area contributed by atoms with Gasteiger partial charge in [-0.25, -0.2) is 0 Å². The SMILES string of the molecule is Cn1c(-c2ccco2)nc2oc(C=C3C(=O)c4cc5ccccc5cc4C3=O)cc21. The molecule has 1 aliphatic rings. The molecule has 6 heteroatoms. The first-order chi connectivity index (χ1) is 14.6. The van der Waals surface area contributed by atoms with Crippen LogP contribution in [0.4, 0.5) is 0 Å². The number of Topliss-reactive ketones (excluding diaryl/α,β-unsaturated/α-hetero) is 2. The third-order valence-electron chi connectivity index (χ3n) is 5.49. The normalized spacial score (nSPS) is 13.6. The second kappa shape index (κ2) is 5.90. The second-order valence-corrected chi connectivity index (χ2v) is 7.27. The molecule has 0 atom stereocenters. The molecule has 2 aromatic carbocycles. The van der Waals surface area contributed by atoms with Crippen LogP contribution in [0.25, 0.3) is 39.7 Å². The summed E-state index contributed by atoms with van der Waals surface area (Å²) in [5.41, 5.74) is 2.12. The van der Waals surface area contributed by atoms with Gasteiger partial charge >= 0.3 is 0 Å². The van der Waals surface area contributed by atoms with Crippen LogP contribution in [0, 0.1) is 0 Å². The molecule has 3 heterocycles. The number of carbonyl (C=O) groups excluding carboxylic acids is 2. The van der Waals surface area contributed by atoms with E-state index in [1.807, 2.05) is 41.9 Å². The summed E-state index contributed by atoms with van der Waals surface area (Å²) in [6.45, 7) is 0. The summed E-state index contributed by atoms with van der Waals surface area (Å²) in [6.07, 6.45) is 3.09. The Morgan fingerprint density at radius 1 is 0.933 bits per heavy atom. The summed E-state index contributed by atoms with van der Waals surface area (Å²) < 4.78 is 13.1. The van der Waals surface area contributed by atoms with E-state index >= 15 is 0 Å². The van der Waals surface area contributed by atoms with Gasteiger partial charge in [0.2, 0.25) is 5.71 Å². The van der Waals surface area contributed by atoms with Crippen LogP contribution in [-0.4, -0.2) is 21.1 Å². The summed E-state index contributed by atoms with van der Waals surface area (Å²) in [5.74, 6) is 1.10. The fourth-order valence-corrected chi connectivity index (χ4v) is 3.98. The number of imidazole rings is 1. The van der Waals surface area contributed by atoms with E-state index in [1.54, 1.807) is 30.5 Å². The maximum atomic E-state index is 12.9. The van der Waals surface area contributed by atoms with E-state index in [-0.39, 0.29) is 17.1 Å². The summed E-state index contributed by atoms with van der Waals surface area (Å²) in [5, 5.41) is 1.86. The zero-order valence-corrected chi connectivity index (χ0v) is 15.9. The van der Waals surface area contributed by atoms with Gasteiger partial charge in [0.25, 0.3) is 0 Å². The van der Waals surface area contributed by atoms with Crippen molar-refractivity contribution in [2.45, 2.75) is 0 Å². The second-order valence-electron chi connectivity index (χ2n) is 7.27. The van der Waals surface area contributed by atoms with Gasteiger partial charge in [-0.05, 0) is 41.1 Å². The molecule has 0 spiro atoms. The quantitative estimate of drug-likeness (QED) is 0.310. The average Bonchev–Trinajstić information content (AvgIpc) is 3.51. The summed E-state index contributed by atoms with van der Waals surface area (Å²) >= 11 is 0. The van der Waals surface area contributed by atoms with E-state index in [0.29, 0.717) is 34.2 Å². The van der Waals surface area contributed by atoms with Crippen LogP contribution in [0.15, 0.2) is 75.3 Å². The van der Waals surface area contributed by atoms with Crippen LogP contribution in [0.3, 0.4) is 0 Å². The lowest BCUT2D eigenvalue weighted by Crippen LogP contribution is -1.99. The molecule has 0 fully saturated rings. The third-order valence-corrected chi connectivity index (χ3v) is 5.49. The zero-order valence-electron chi connectivity index (χ0n) is 15.9. The summed E-state index contributed by atoms with van der Waals surface area (Å²) in [6, 6.07) is 16.6. The Balaban J connectivity index is 1.43. The van der Waals surface area contributed by atoms with E-state index < -0.39 is 0 Å². The van der Waals surface area contributed by atoms with Crippen molar-refractivity contribution < 1.29 is 18.4 Å². The number of aryl methyl sites for hydroxylation is 1. The number of carbonyl (C=O) groups is 2. The zero-order chi connectivity index (χ0) is 20.4. The van der Waals surface area contributed by atoms with Crippen LogP contribution in [-0.2, 0) is 7.05 Å². The van der Waals surface area contributed by atoms with E-state index in [0.717, 1.165) is 16.3 Å². The highest BCUT2D eigenvalue weighted by atomic mass is 16.3. The molecule has 0 N–H and O–H groups in total. The fourth-order valence-electron chi connectivity index (χ4n) is 3.98. The first kappa shape index (κ1) is 16.7. The maximum absolute atomic E-state index is 12.9. The Hall–Kier alpha value is -4.19. The van der Waals surface area contributed by atoms with Crippen molar-refractivity contribution in [1.29, 1.82) is 0 Å². The molecule has 0 radical (unpaired) electrons. The molecule has 0 aliphatic heterocycles. The number of furan rings is 2. The van der Waals surface area contributed by atoms with Gasteiger partial charge in [-0.15, -0.1) is 0 Å². The molecule has 3 aromatic heterocycles. The largest absolute Gasteiger partial charge is 0.461 e. The number of benzene rings is 2. The van der Waals surface area contributed by atoms with Gasteiger partial charge in [0.05, 0.1) is 11.8 Å². The number of aromatic nitrogens is 2. The number of rotatable bonds is 2. The average molecular weight is 394 g/mol. The Kier molecular flexibility index (Phi) is 3.29. The molecule has 6 nitrogen and oxygen atoms in total. The van der Waals surface area contributed by atoms with Crippen molar-refractivity contribution in [3.05, 3.63) is 83.3 Å². The Morgan fingerprint density at radius 2 is 1.63 bits per heavy atom.